The average Bonchev–Trinajstić information content (AvgIpc) is 3.16. The summed E-state index contributed by atoms with van der Waals surface area (Å²) in [6.45, 7) is 3.83. The van der Waals surface area contributed by atoms with Gasteiger partial charge < -0.3 is 9.84 Å². The van der Waals surface area contributed by atoms with Crippen LogP contribution in [0, 0.1) is 52.2 Å². The van der Waals surface area contributed by atoms with E-state index < -0.39 is 17.1 Å². The molecule has 0 heterocycles. The van der Waals surface area contributed by atoms with Crippen LogP contribution in [0.2, 0.25) is 0 Å². The molecule has 0 unspecified atom stereocenters. The summed E-state index contributed by atoms with van der Waals surface area (Å²) in [4.78, 5) is 13.3. The SMILES string of the molecule is C[C@@]1(O)CC[C@@]2(F)[C@H](CC[C@H]3[C@@H]4CC[C@H](C(=O)COc5cc(C#N)ccc5F)[C@@]4(C)CC[C@@H]32)C1. The minimum absolute atomic E-state index is 0.0216. The summed E-state index contributed by atoms with van der Waals surface area (Å²) < 4.78 is 36.1. The van der Waals surface area contributed by atoms with Crippen LogP contribution in [0.5, 0.6) is 5.75 Å². The van der Waals surface area contributed by atoms with Crippen LogP contribution in [0.1, 0.15) is 77.2 Å². The molecule has 0 aromatic heterocycles. The Bertz CT molecular complexity index is 1020. The third kappa shape index (κ3) is 3.75. The third-order valence-electron chi connectivity index (χ3n) is 10.1. The molecule has 4 nitrogen and oxygen atoms in total. The summed E-state index contributed by atoms with van der Waals surface area (Å²) in [7, 11) is 0. The lowest BCUT2D eigenvalue weighted by Crippen LogP contribution is -2.58. The molecular weight excluding hydrogens is 436 g/mol. The van der Waals surface area contributed by atoms with Gasteiger partial charge in [-0.3, -0.25) is 4.79 Å². The van der Waals surface area contributed by atoms with Gasteiger partial charge in [0, 0.05) is 12.0 Å². The van der Waals surface area contributed by atoms with Crippen molar-refractivity contribution in [2.75, 3.05) is 6.61 Å². The molecule has 1 N–H and O–H groups in total. The van der Waals surface area contributed by atoms with E-state index in [1.54, 1.807) is 0 Å². The molecule has 6 heteroatoms. The zero-order valence-electron chi connectivity index (χ0n) is 20.2. The fourth-order valence-corrected chi connectivity index (χ4v) is 8.44. The first kappa shape index (κ1) is 23.7. The molecule has 0 amide bonds. The van der Waals surface area contributed by atoms with Crippen LogP contribution >= 0.6 is 0 Å². The fourth-order valence-electron chi connectivity index (χ4n) is 8.44. The minimum atomic E-state index is -1.19. The van der Waals surface area contributed by atoms with Crippen LogP contribution < -0.4 is 4.74 Å². The quantitative estimate of drug-likeness (QED) is 0.606. The number of carbonyl (C=O) groups excluding carboxylic acids is 1. The zero-order chi connectivity index (χ0) is 24.3. The molecule has 4 aliphatic rings. The van der Waals surface area contributed by atoms with E-state index >= 15 is 4.39 Å². The van der Waals surface area contributed by atoms with Gasteiger partial charge in [-0.2, -0.15) is 5.26 Å². The van der Waals surface area contributed by atoms with Crippen molar-refractivity contribution in [2.45, 2.75) is 82.9 Å². The van der Waals surface area contributed by atoms with E-state index in [0.717, 1.165) is 38.5 Å². The number of aliphatic hydroxyl groups is 1. The van der Waals surface area contributed by atoms with Crippen molar-refractivity contribution in [3.05, 3.63) is 29.6 Å². The van der Waals surface area contributed by atoms with Crippen molar-refractivity contribution in [3.8, 4) is 11.8 Å². The summed E-state index contributed by atoms with van der Waals surface area (Å²) in [6, 6.07) is 5.85. The van der Waals surface area contributed by atoms with Crippen molar-refractivity contribution < 1.29 is 23.4 Å². The summed E-state index contributed by atoms with van der Waals surface area (Å²) in [5, 5.41) is 19.6. The highest BCUT2D eigenvalue weighted by Crippen LogP contribution is 2.66. The molecule has 34 heavy (non-hydrogen) atoms. The van der Waals surface area contributed by atoms with Gasteiger partial charge in [0.15, 0.2) is 17.3 Å². The smallest absolute Gasteiger partial charge is 0.173 e. The van der Waals surface area contributed by atoms with Crippen LogP contribution in [0.15, 0.2) is 18.2 Å². The highest BCUT2D eigenvalue weighted by Gasteiger charge is 2.63. The number of rotatable bonds is 4. The first-order chi connectivity index (χ1) is 16.1. The molecular formula is C28H35F2NO3. The van der Waals surface area contributed by atoms with E-state index in [1.165, 1.54) is 18.2 Å². The number of ketones is 1. The van der Waals surface area contributed by atoms with E-state index in [2.05, 4.69) is 6.92 Å². The molecule has 0 saturated heterocycles. The fraction of sp³-hybridized carbons (Fsp3) is 0.714. The molecule has 4 fully saturated rings. The number of alkyl halides is 1. The Morgan fingerprint density at radius 3 is 2.71 bits per heavy atom. The van der Waals surface area contributed by atoms with Gasteiger partial charge in [0.1, 0.15) is 12.3 Å². The van der Waals surface area contributed by atoms with Gasteiger partial charge in [-0.1, -0.05) is 6.92 Å². The van der Waals surface area contributed by atoms with Crippen LogP contribution in [0.4, 0.5) is 8.78 Å². The Morgan fingerprint density at radius 2 is 1.94 bits per heavy atom. The molecule has 1 aromatic carbocycles. The van der Waals surface area contributed by atoms with Gasteiger partial charge in [0.2, 0.25) is 0 Å². The first-order valence-electron chi connectivity index (χ1n) is 12.8. The predicted octanol–water partition coefficient (Wildman–Crippen LogP) is 5.76. The largest absolute Gasteiger partial charge is 0.483 e. The topological polar surface area (TPSA) is 70.3 Å². The number of halogens is 2. The highest BCUT2D eigenvalue weighted by atomic mass is 19.1. The van der Waals surface area contributed by atoms with E-state index in [4.69, 9.17) is 10.00 Å². The maximum absolute atomic E-state index is 16.5. The van der Waals surface area contributed by atoms with Gasteiger partial charge in [-0.15, -0.1) is 0 Å². The Hall–Kier alpha value is -2.00. The maximum atomic E-state index is 16.5. The van der Waals surface area contributed by atoms with Crippen molar-refractivity contribution in [1.82, 2.24) is 0 Å². The Kier molecular flexibility index (Phi) is 5.79. The molecule has 184 valence electrons. The summed E-state index contributed by atoms with van der Waals surface area (Å²) in [5.74, 6) is -0.285. The van der Waals surface area contributed by atoms with Gasteiger partial charge in [-0.25, -0.2) is 8.78 Å². The van der Waals surface area contributed by atoms with Crippen LogP contribution in [0.3, 0.4) is 0 Å². The minimum Gasteiger partial charge on any atom is -0.483 e. The van der Waals surface area contributed by atoms with Crippen molar-refractivity contribution in [2.24, 2.45) is 35.0 Å². The second kappa shape index (κ2) is 8.29. The van der Waals surface area contributed by atoms with Crippen LogP contribution in [-0.4, -0.2) is 28.8 Å². The molecule has 0 radical (unpaired) electrons. The molecule has 5 rings (SSSR count). The number of carbonyl (C=O) groups is 1. The van der Waals surface area contributed by atoms with Crippen molar-refractivity contribution in [3.63, 3.8) is 0 Å². The summed E-state index contributed by atoms with van der Waals surface area (Å²) >= 11 is 0. The molecule has 4 saturated carbocycles. The van der Waals surface area contributed by atoms with Crippen LogP contribution in [0.25, 0.3) is 0 Å². The van der Waals surface area contributed by atoms with E-state index in [0.29, 0.717) is 25.2 Å². The van der Waals surface area contributed by atoms with Crippen molar-refractivity contribution >= 4 is 5.78 Å². The Morgan fingerprint density at radius 1 is 1.15 bits per heavy atom. The standard InChI is InChI=1S/C28H35F2NO3/c1-26(33)11-12-28(30)18(14-26)4-5-19-20-6-7-22(27(20,2)10-9-21(19)28)24(32)16-34-25-13-17(15-31)3-8-23(25)29/h3,8,13,18-22,33H,4-7,9-12,14,16H2,1-2H3/t18-,19+,20+,21+,22-,26-,27+,28-/m1/s1. The molecule has 0 spiro atoms. The second-order valence-corrected chi connectivity index (χ2v) is 12.0. The second-order valence-electron chi connectivity index (χ2n) is 12.0. The molecule has 0 aliphatic heterocycles. The molecule has 8 atom stereocenters. The first-order valence-corrected chi connectivity index (χ1v) is 12.8. The lowest BCUT2D eigenvalue weighted by molar-refractivity contribution is -0.166. The summed E-state index contributed by atoms with van der Waals surface area (Å²) in [5.41, 5.74) is -1.85. The van der Waals surface area contributed by atoms with E-state index in [9.17, 15) is 14.3 Å². The monoisotopic (exact) mass is 471 g/mol. The number of nitrogens with zero attached hydrogens (tertiary/aromatic N) is 1. The highest BCUT2D eigenvalue weighted by molar-refractivity contribution is 5.83. The normalized spacial score (nSPS) is 43.2. The lowest BCUT2D eigenvalue weighted by Gasteiger charge is -2.59. The number of fused-ring (bicyclic) bond motifs is 5. The lowest BCUT2D eigenvalue weighted by atomic mass is 9.48. The third-order valence-corrected chi connectivity index (χ3v) is 10.1. The number of nitriles is 1. The van der Waals surface area contributed by atoms with E-state index in [-0.39, 0.29) is 52.8 Å². The molecule has 4 aliphatic carbocycles. The van der Waals surface area contributed by atoms with Crippen molar-refractivity contribution in [1.29, 1.82) is 5.26 Å². The number of Topliss-reactive ketones (excluding diaryl/α,β-unsaturated/α-hetero) is 1. The molecule has 0 bridgehead atoms. The number of hydrogen-bond acceptors (Lipinski definition) is 4. The average molecular weight is 472 g/mol. The number of ether oxygens (including phenoxy) is 1. The summed E-state index contributed by atoms with van der Waals surface area (Å²) in [6.07, 6.45) is 6.61. The van der Waals surface area contributed by atoms with Gasteiger partial charge in [0.05, 0.1) is 17.2 Å². The predicted molar refractivity (Wildman–Crippen MR) is 123 cm³/mol. The number of hydrogen-bond donors (Lipinski definition) is 1. The van der Waals surface area contributed by atoms with Gasteiger partial charge in [-0.05, 0) is 106 Å². The maximum Gasteiger partial charge on any atom is 0.173 e. The van der Waals surface area contributed by atoms with Gasteiger partial charge in [0.25, 0.3) is 0 Å². The Labute approximate surface area is 200 Å². The Balaban J connectivity index is 1.29. The van der Waals surface area contributed by atoms with Gasteiger partial charge >= 0.3 is 0 Å². The molecule has 1 aromatic rings. The zero-order valence-corrected chi connectivity index (χ0v) is 20.2. The number of benzene rings is 1. The van der Waals surface area contributed by atoms with E-state index in [1.807, 2.05) is 13.0 Å². The van der Waals surface area contributed by atoms with Crippen LogP contribution in [-0.2, 0) is 4.79 Å².